The minimum atomic E-state index is -0.323. The minimum absolute atomic E-state index is 0.216. The molecule has 4 heteroatoms. The van der Waals surface area contributed by atoms with Crippen LogP contribution in [0, 0.1) is 0 Å². The summed E-state index contributed by atoms with van der Waals surface area (Å²) in [6, 6.07) is 0.312. The molecule has 2 atom stereocenters. The number of methoxy groups -OCH3 is 1. The van der Waals surface area contributed by atoms with E-state index >= 15 is 0 Å². The van der Waals surface area contributed by atoms with Crippen LogP contribution in [-0.4, -0.2) is 43.3 Å². The van der Waals surface area contributed by atoms with Crippen molar-refractivity contribution in [3.63, 3.8) is 0 Å². The van der Waals surface area contributed by atoms with E-state index in [-0.39, 0.29) is 12.1 Å². The number of carbonyl (C=O) groups is 1. The minimum Gasteiger partial charge on any atom is -0.466 e. The van der Waals surface area contributed by atoms with Crippen molar-refractivity contribution in [3.8, 4) is 0 Å². The average molecular weight is 199 g/mol. The van der Waals surface area contributed by atoms with Gasteiger partial charge in [-0.2, -0.15) is 0 Å². The van der Waals surface area contributed by atoms with Gasteiger partial charge in [0.05, 0.1) is 19.8 Å². The quantitative estimate of drug-likeness (QED) is 0.486. The molecule has 1 heterocycles. The Morgan fingerprint density at radius 3 is 2.93 bits per heavy atom. The Morgan fingerprint density at radius 1 is 1.57 bits per heavy atom. The molecule has 1 fully saturated rings. The molecule has 0 aliphatic carbocycles. The maximum absolute atomic E-state index is 10.9. The van der Waals surface area contributed by atoms with Gasteiger partial charge in [-0.25, -0.2) is 4.79 Å². The second-order valence-corrected chi connectivity index (χ2v) is 3.53. The normalized spacial score (nSPS) is 28.1. The summed E-state index contributed by atoms with van der Waals surface area (Å²) in [7, 11) is 1.37. The van der Waals surface area contributed by atoms with Crippen molar-refractivity contribution < 1.29 is 14.3 Å². The summed E-state index contributed by atoms with van der Waals surface area (Å²) < 4.78 is 9.98. The van der Waals surface area contributed by atoms with Gasteiger partial charge in [-0.3, -0.25) is 0 Å². The summed E-state index contributed by atoms with van der Waals surface area (Å²) in [5, 5.41) is 0. The molecule has 0 spiro atoms. The molecule has 0 aromatic carbocycles. The van der Waals surface area contributed by atoms with E-state index in [0.717, 1.165) is 6.54 Å². The molecular weight excluding hydrogens is 182 g/mol. The number of nitrogens with zero attached hydrogens (tertiary/aromatic N) is 1. The van der Waals surface area contributed by atoms with E-state index in [9.17, 15) is 4.79 Å². The highest BCUT2D eigenvalue weighted by atomic mass is 16.5. The van der Waals surface area contributed by atoms with Gasteiger partial charge in [0.25, 0.3) is 0 Å². The zero-order valence-electron chi connectivity index (χ0n) is 8.90. The van der Waals surface area contributed by atoms with Crippen LogP contribution in [0.2, 0.25) is 0 Å². The van der Waals surface area contributed by atoms with Crippen LogP contribution in [0.4, 0.5) is 0 Å². The first-order valence-electron chi connectivity index (χ1n) is 4.77. The van der Waals surface area contributed by atoms with Gasteiger partial charge in [0.1, 0.15) is 0 Å². The van der Waals surface area contributed by atoms with Crippen molar-refractivity contribution in [3.05, 3.63) is 12.3 Å². The highest BCUT2D eigenvalue weighted by Gasteiger charge is 2.20. The first-order valence-corrected chi connectivity index (χ1v) is 4.77. The molecule has 0 aromatic rings. The number of ether oxygens (including phenoxy) is 2. The van der Waals surface area contributed by atoms with Crippen LogP contribution >= 0.6 is 0 Å². The third kappa shape index (κ3) is 3.03. The number of morpholine rings is 1. The summed E-state index contributed by atoms with van der Waals surface area (Å²) in [6.07, 6.45) is 3.43. The van der Waals surface area contributed by atoms with Gasteiger partial charge in [-0.1, -0.05) is 0 Å². The van der Waals surface area contributed by atoms with Gasteiger partial charge in [-0.15, -0.1) is 0 Å². The molecule has 4 nitrogen and oxygen atoms in total. The van der Waals surface area contributed by atoms with E-state index < -0.39 is 0 Å². The van der Waals surface area contributed by atoms with Crippen molar-refractivity contribution >= 4 is 5.97 Å². The predicted octanol–water partition coefficient (Wildman–Crippen LogP) is 0.782. The zero-order chi connectivity index (χ0) is 10.6. The Kier molecular flexibility index (Phi) is 3.95. The first-order chi connectivity index (χ1) is 6.63. The molecule has 1 aliphatic rings. The molecule has 80 valence electrons. The van der Waals surface area contributed by atoms with Crippen molar-refractivity contribution in [2.24, 2.45) is 0 Å². The Morgan fingerprint density at radius 2 is 2.29 bits per heavy atom. The average Bonchev–Trinajstić information content (AvgIpc) is 2.19. The maximum Gasteiger partial charge on any atom is 0.331 e. The van der Waals surface area contributed by atoms with Gasteiger partial charge in [0, 0.05) is 24.9 Å². The van der Waals surface area contributed by atoms with E-state index in [2.05, 4.69) is 16.6 Å². The molecule has 1 aliphatic heterocycles. The third-order valence-corrected chi connectivity index (χ3v) is 2.26. The zero-order valence-corrected chi connectivity index (χ0v) is 8.90. The topological polar surface area (TPSA) is 38.8 Å². The molecule has 0 amide bonds. The molecule has 0 radical (unpaired) electrons. The number of hydrogen-bond acceptors (Lipinski definition) is 4. The molecule has 0 aromatic heterocycles. The van der Waals surface area contributed by atoms with Crippen LogP contribution in [0.1, 0.15) is 13.8 Å². The Bertz CT molecular complexity index is 227. The molecule has 2 unspecified atom stereocenters. The van der Waals surface area contributed by atoms with E-state index in [1.54, 1.807) is 6.20 Å². The van der Waals surface area contributed by atoms with Gasteiger partial charge in [0.2, 0.25) is 0 Å². The predicted molar refractivity (Wildman–Crippen MR) is 52.7 cm³/mol. The summed E-state index contributed by atoms with van der Waals surface area (Å²) in [5.41, 5.74) is 0. The Balaban J connectivity index is 2.49. The molecule has 0 saturated carbocycles. The smallest absolute Gasteiger partial charge is 0.331 e. The molecule has 14 heavy (non-hydrogen) atoms. The number of esters is 1. The highest BCUT2D eigenvalue weighted by Crippen LogP contribution is 2.11. The molecular formula is C10H17NO3. The lowest BCUT2D eigenvalue weighted by molar-refractivity contribution is -0.135. The Labute approximate surface area is 84.5 Å². The fraction of sp³-hybridized carbons (Fsp3) is 0.700. The van der Waals surface area contributed by atoms with E-state index in [0.29, 0.717) is 12.6 Å². The van der Waals surface area contributed by atoms with Crippen molar-refractivity contribution in [1.82, 2.24) is 4.90 Å². The van der Waals surface area contributed by atoms with Crippen LogP contribution in [0.3, 0.4) is 0 Å². The number of hydrogen-bond donors (Lipinski definition) is 0. The van der Waals surface area contributed by atoms with Gasteiger partial charge in [-0.05, 0) is 13.8 Å². The van der Waals surface area contributed by atoms with Gasteiger partial charge < -0.3 is 14.4 Å². The maximum atomic E-state index is 10.9. The second-order valence-electron chi connectivity index (χ2n) is 3.53. The van der Waals surface area contributed by atoms with Crippen LogP contribution < -0.4 is 0 Å². The first kappa shape index (κ1) is 11.0. The fourth-order valence-corrected chi connectivity index (χ4v) is 1.36. The van der Waals surface area contributed by atoms with Gasteiger partial charge >= 0.3 is 5.97 Å². The number of rotatable bonds is 2. The van der Waals surface area contributed by atoms with Crippen LogP contribution in [0.25, 0.3) is 0 Å². The second kappa shape index (κ2) is 5.00. The number of carbonyl (C=O) groups excluding carboxylic acids is 1. The highest BCUT2D eigenvalue weighted by molar-refractivity contribution is 5.81. The van der Waals surface area contributed by atoms with Crippen LogP contribution in [0.15, 0.2) is 12.3 Å². The lowest BCUT2D eigenvalue weighted by Gasteiger charge is -2.35. The van der Waals surface area contributed by atoms with Crippen LogP contribution in [0.5, 0.6) is 0 Å². The summed E-state index contributed by atoms with van der Waals surface area (Å²) in [6.45, 7) is 5.60. The van der Waals surface area contributed by atoms with Crippen molar-refractivity contribution in [2.75, 3.05) is 20.3 Å². The molecule has 0 N–H and O–H groups in total. The lowest BCUT2D eigenvalue weighted by Crippen LogP contribution is -2.44. The van der Waals surface area contributed by atoms with Crippen LogP contribution in [-0.2, 0) is 14.3 Å². The largest absolute Gasteiger partial charge is 0.466 e. The SMILES string of the molecule is COC(=O)C=CN1CC(C)OCC1C. The summed E-state index contributed by atoms with van der Waals surface area (Å²) in [5.74, 6) is -0.323. The molecule has 1 saturated heterocycles. The monoisotopic (exact) mass is 199 g/mol. The van der Waals surface area contributed by atoms with E-state index in [1.165, 1.54) is 13.2 Å². The van der Waals surface area contributed by atoms with E-state index in [4.69, 9.17) is 4.74 Å². The molecule has 0 bridgehead atoms. The standard InChI is InChI=1S/C10H17NO3/c1-8-7-14-9(2)6-11(8)5-4-10(12)13-3/h4-5,8-9H,6-7H2,1-3H3. The van der Waals surface area contributed by atoms with Gasteiger partial charge in [0.15, 0.2) is 0 Å². The third-order valence-electron chi connectivity index (χ3n) is 2.26. The summed E-state index contributed by atoms with van der Waals surface area (Å²) >= 11 is 0. The van der Waals surface area contributed by atoms with Crippen molar-refractivity contribution in [1.29, 1.82) is 0 Å². The van der Waals surface area contributed by atoms with E-state index in [1.807, 2.05) is 6.92 Å². The summed E-state index contributed by atoms with van der Waals surface area (Å²) in [4.78, 5) is 13.0. The molecule has 1 rings (SSSR count). The fourth-order valence-electron chi connectivity index (χ4n) is 1.36. The van der Waals surface area contributed by atoms with Crippen molar-refractivity contribution in [2.45, 2.75) is 26.0 Å². The Hall–Kier alpha value is -1.03. The lowest BCUT2D eigenvalue weighted by atomic mass is 10.2.